The number of aryl methyl sites for hydroxylation is 1. The second kappa shape index (κ2) is 3.26. The molecule has 0 saturated heterocycles. The number of ketones is 1. The summed E-state index contributed by atoms with van der Waals surface area (Å²) in [7, 11) is 0. The van der Waals surface area contributed by atoms with Crippen LogP contribution in [-0.4, -0.2) is 16.9 Å². The molecule has 4 nitrogen and oxygen atoms in total. The number of nitrogen functional groups attached to an aromatic ring is 1. The molecule has 0 atom stereocenters. The number of anilines is 1. The molecular weight excluding hydrogens is 170 g/mol. The minimum atomic E-state index is -1.49. The monoisotopic (exact) mass is 179 g/mol. The molecule has 0 bridgehead atoms. The van der Waals surface area contributed by atoms with E-state index in [0.29, 0.717) is 0 Å². The van der Waals surface area contributed by atoms with Crippen molar-refractivity contribution in [1.29, 1.82) is 0 Å². The fraction of sp³-hybridized carbons (Fsp3) is 0.111. The minimum Gasteiger partial charge on any atom is -0.475 e. The van der Waals surface area contributed by atoms with Crippen LogP contribution in [-0.2, 0) is 4.79 Å². The molecule has 1 aromatic carbocycles. The van der Waals surface area contributed by atoms with Gasteiger partial charge in [0.15, 0.2) is 0 Å². The van der Waals surface area contributed by atoms with Crippen molar-refractivity contribution in [2.75, 3.05) is 5.73 Å². The Morgan fingerprint density at radius 2 is 2.00 bits per heavy atom. The number of aliphatic carboxylic acids is 1. The lowest BCUT2D eigenvalue weighted by atomic mass is 10.1. The van der Waals surface area contributed by atoms with Crippen molar-refractivity contribution >= 4 is 17.4 Å². The van der Waals surface area contributed by atoms with Crippen molar-refractivity contribution in [3.05, 3.63) is 29.3 Å². The number of carbonyl (C=O) groups is 2. The molecule has 0 amide bonds. The summed E-state index contributed by atoms with van der Waals surface area (Å²) < 4.78 is 0. The van der Waals surface area contributed by atoms with Crippen molar-refractivity contribution in [3.63, 3.8) is 0 Å². The maximum absolute atomic E-state index is 11.0. The molecule has 4 heteroatoms. The van der Waals surface area contributed by atoms with Gasteiger partial charge in [0.1, 0.15) is 0 Å². The average molecular weight is 179 g/mol. The predicted octanol–water partition coefficient (Wildman–Crippen LogP) is 0.845. The first-order chi connectivity index (χ1) is 6.02. The van der Waals surface area contributed by atoms with Crippen LogP contribution in [0, 0.1) is 6.92 Å². The van der Waals surface area contributed by atoms with E-state index < -0.39 is 11.8 Å². The van der Waals surface area contributed by atoms with Crippen molar-refractivity contribution in [2.24, 2.45) is 0 Å². The first-order valence-corrected chi connectivity index (χ1v) is 3.66. The maximum Gasteiger partial charge on any atom is 0.377 e. The van der Waals surface area contributed by atoms with Crippen LogP contribution >= 0.6 is 0 Å². The van der Waals surface area contributed by atoms with Gasteiger partial charge in [-0.2, -0.15) is 0 Å². The Morgan fingerprint density at radius 1 is 1.38 bits per heavy atom. The minimum absolute atomic E-state index is 0.0399. The molecule has 0 aliphatic heterocycles. The van der Waals surface area contributed by atoms with Gasteiger partial charge >= 0.3 is 5.97 Å². The lowest BCUT2D eigenvalue weighted by molar-refractivity contribution is -0.131. The van der Waals surface area contributed by atoms with E-state index in [2.05, 4.69) is 0 Å². The Morgan fingerprint density at radius 3 is 2.46 bits per heavy atom. The highest BCUT2D eigenvalue weighted by atomic mass is 16.4. The summed E-state index contributed by atoms with van der Waals surface area (Å²) in [6.07, 6.45) is 0. The standard InChI is InChI=1S/C9H9NO3/c1-5-2-3-6(7(10)4-5)8(11)9(12)13/h2-4H,10H2,1H3,(H,12,13). The third-order valence-corrected chi connectivity index (χ3v) is 1.65. The third-order valence-electron chi connectivity index (χ3n) is 1.65. The van der Waals surface area contributed by atoms with E-state index in [0.717, 1.165) is 5.56 Å². The lowest BCUT2D eigenvalue weighted by Crippen LogP contribution is -2.14. The van der Waals surface area contributed by atoms with Gasteiger partial charge in [0.25, 0.3) is 5.78 Å². The van der Waals surface area contributed by atoms with Crippen molar-refractivity contribution in [1.82, 2.24) is 0 Å². The molecule has 0 radical (unpaired) electrons. The van der Waals surface area contributed by atoms with Crippen LogP contribution in [0.1, 0.15) is 15.9 Å². The second-order valence-corrected chi connectivity index (χ2v) is 2.72. The number of carbonyl (C=O) groups excluding carboxylic acids is 1. The Hall–Kier alpha value is -1.84. The van der Waals surface area contributed by atoms with Gasteiger partial charge in [-0.05, 0) is 24.6 Å². The molecule has 0 saturated carbocycles. The highest BCUT2D eigenvalue weighted by Gasteiger charge is 2.16. The molecule has 1 rings (SSSR count). The SMILES string of the molecule is Cc1ccc(C(=O)C(=O)O)c(N)c1. The zero-order chi connectivity index (χ0) is 10.0. The fourth-order valence-electron chi connectivity index (χ4n) is 1.00. The van der Waals surface area contributed by atoms with Gasteiger partial charge in [0.2, 0.25) is 0 Å². The quantitative estimate of drug-likeness (QED) is 0.400. The maximum atomic E-state index is 11.0. The van der Waals surface area contributed by atoms with Gasteiger partial charge in [-0.3, -0.25) is 4.79 Å². The molecule has 0 spiro atoms. The Kier molecular flexibility index (Phi) is 2.32. The Labute approximate surface area is 75.0 Å². The molecule has 0 heterocycles. The number of hydrogen-bond donors (Lipinski definition) is 2. The number of rotatable bonds is 2. The van der Waals surface area contributed by atoms with Gasteiger partial charge in [0.05, 0.1) is 5.56 Å². The van der Waals surface area contributed by atoms with Crippen LogP contribution in [0.15, 0.2) is 18.2 Å². The molecule has 0 aliphatic rings. The molecule has 1 aromatic rings. The number of nitrogens with two attached hydrogens (primary N) is 1. The highest BCUT2D eigenvalue weighted by molar-refractivity contribution is 6.41. The van der Waals surface area contributed by atoms with E-state index >= 15 is 0 Å². The van der Waals surface area contributed by atoms with Gasteiger partial charge in [-0.15, -0.1) is 0 Å². The van der Waals surface area contributed by atoms with E-state index in [1.54, 1.807) is 12.1 Å². The van der Waals surface area contributed by atoms with E-state index in [1.165, 1.54) is 6.07 Å². The molecular formula is C9H9NO3. The highest BCUT2D eigenvalue weighted by Crippen LogP contribution is 2.14. The summed E-state index contributed by atoms with van der Waals surface area (Å²) in [5.41, 5.74) is 6.61. The van der Waals surface area contributed by atoms with Crippen molar-refractivity contribution < 1.29 is 14.7 Å². The number of hydrogen-bond acceptors (Lipinski definition) is 3. The van der Waals surface area contributed by atoms with Crippen LogP contribution in [0.3, 0.4) is 0 Å². The summed E-state index contributed by atoms with van der Waals surface area (Å²) in [6.45, 7) is 1.81. The largest absolute Gasteiger partial charge is 0.475 e. The van der Waals surface area contributed by atoms with Gasteiger partial charge < -0.3 is 10.8 Å². The third kappa shape index (κ3) is 1.84. The molecule has 0 unspecified atom stereocenters. The topological polar surface area (TPSA) is 80.4 Å². The summed E-state index contributed by atoms with van der Waals surface area (Å²) >= 11 is 0. The van der Waals surface area contributed by atoms with Crippen molar-refractivity contribution in [3.8, 4) is 0 Å². The van der Waals surface area contributed by atoms with Crippen LogP contribution in [0.2, 0.25) is 0 Å². The van der Waals surface area contributed by atoms with Crippen LogP contribution in [0.4, 0.5) is 5.69 Å². The second-order valence-electron chi connectivity index (χ2n) is 2.72. The Bertz CT molecular complexity index is 371. The molecule has 0 aliphatic carbocycles. The zero-order valence-corrected chi connectivity index (χ0v) is 7.07. The summed E-state index contributed by atoms with van der Waals surface area (Å²) in [5, 5.41) is 8.42. The predicted molar refractivity (Wildman–Crippen MR) is 47.6 cm³/mol. The fourth-order valence-corrected chi connectivity index (χ4v) is 1.00. The van der Waals surface area contributed by atoms with Gasteiger partial charge in [-0.1, -0.05) is 6.07 Å². The molecule has 68 valence electrons. The molecule has 0 aromatic heterocycles. The zero-order valence-electron chi connectivity index (χ0n) is 7.07. The van der Waals surface area contributed by atoms with Crippen LogP contribution < -0.4 is 5.73 Å². The van der Waals surface area contributed by atoms with E-state index in [4.69, 9.17) is 10.8 Å². The number of carboxylic acids is 1. The first kappa shape index (κ1) is 9.25. The summed E-state index contributed by atoms with van der Waals surface area (Å²) in [5.74, 6) is -2.46. The van der Waals surface area contributed by atoms with E-state index in [9.17, 15) is 9.59 Å². The number of benzene rings is 1. The van der Waals surface area contributed by atoms with Gasteiger partial charge in [-0.25, -0.2) is 4.79 Å². The molecule has 0 fully saturated rings. The molecule has 13 heavy (non-hydrogen) atoms. The lowest BCUT2D eigenvalue weighted by Gasteiger charge is -2.01. The van der Waals surface area contributed by atoms with E-state index in [-0.39, 0.29) is 11.3 Å². The van der Waals surface area contributed by atoms with Crippen LogP contribution in [0.5, 0.6) is 0 Å². The average Bonchev–Trinajstić information content (AvgIpc) is 2.03. The first-order valence-electron chi connectivity index (χ1n) is 3.66. The normalized spacial score (nSPS) is 9.62. The van der Waals surface area contributed by atoms with Crippen molar-refractivity contribution in [2.45, 2.75) is 6.92 Å². The summed E-state index contributed by atoms with van der Waals surface area (Å²) in [6, 6.07) is 4.63. The smallest absolute Gasteiger partial charge is 0.377 e. The van der Waals surface area contributed by atoms with Gasteiger partial charge in [0, 0.05) is 5.69 Å². The number of Topliss-reactive ketones (excluding diaryl/α,β-unsaturated/α-hetero) is 1. The molecule has 3 N–H and O–H groups in total. The Balaban J connectivity index is 3.16. The number of carboxylic acid groups (broad SMARTS) is 1. The van der Waals surface area contributed by atoms with E-state index in [1.807, 2.05) is 6.92 Å². The summed E-state index contributed by atoms with van der Waals surface area (Å²) in [4.78, 5) is 21.3. The van der Waals surface area contributed by atoms with Crippen LogP contribution in [0.25, 0.3) is 0 Å².